The van der Waals surface area contributed by atoms with E-state index >= 15 is 0 Å². The molecule has 0 unspecified atom stereocenters. The summed E-state index contributed by atoms with van der Waals surface area (Å²) in [6, 6.07) is 0. The smallest absolute Gasteiger partial charge is 0.221 e. The molecule has 5 heteroatoms. The standard InChI is InChI=1S/C2H5Br2O2P/c3-1-7(5,6)2-4/h1-2H2,(H,5,6). The lowest BCUT2D eigenvalue weighted by Gasteiger charge is -1.98. The van der Waals surface area contributed by atoms with Crippen LogP contribution >= 0.6 is 39.2 Å². The van der Waals surface area contributed by atoms with E-state index in [2.05, 4.69) is 31.9 Å². The van der Waals surface area contributed by atoms with Gasteiger partial charge in [0.1, 0.15) is 0 Å². The van der Waals surface area contributed by atoms with E-state index in [0.29, 0.717) is 0 Å². The molecule has 0 aromatic heterocycles. The van der Waals surface area contributed by atoms with Gasteiger partial charge in [-0.15, -0.1) is 0 Å². The second kappa shape index (κ2) is 3.23. The summed E-state index contributed by atoms with van der Waals surface area (Å²) in [5.41, 5.74) is 0. The highest BCUT2D eigenvalue weighted by molar-refractivity contribution is 9.12. The quantitative estimate of drug-likeness (QED) is 0.602. The van der Waals surface area contributed by atoms with Gasteiger partial charge in [0, 0.05) is 0 Å². The Bertz CT molecular complexity index is 85.7. The Morgan fingerprint density at radius 2 is 1.71 bits per heavy atom. The van der Waals surface area contributed by atoms with E-state index in [0.717, 1.165) is 0 Å². The van der Waals surface area contributed by atoms with Crippen LogP contribution in [0.3, 0.4) is 0 Å². The molecule has 0 atom stereocenters. The maximum Gasteiger partial charge on any atom is 0.221 e. The Balaban J connectivity index is 3.61. The fraction of sp³-hybridized carbons (Fsp3) is 1.00. The predicted octanol–water partition coefficient (Wildman–Crippen LogP) is 1.96. The Hall–Kier alpha value is 1.15. The van der Waals surface area contributed by atoms with Crippen molar-refractivity contribution in [1.29, 1.82) is 0 Å². The third kappa shape index (κ3) is 3.71. The first-order valence-corrected chi connectivity index (χ1v) is 5.82. The lowest BCUT2D eigenvalue weighted by molar-refractivity contribution is 0.490. The summed E-state index contributed by atoms with van der Waals surface area (Å²) in [7, 11) is -2.82. The summed E-state index contributed by atoms with van der Waals surface area (Å²) < 4.78 is 10.4. The van der Waals surface area contributed by atoms with Crippen molar-refractivity contribution in [2.45, 2.75) is 0 Å². The van der Waals surface area contributed by atoms with Gasteiger partial charge in [0.15, 0.2) is 0 Å². The summed E-state index contributed by atoms with van der Waals surface area (Å²) in [4.78, 5) is 8.59. The lowest BCUT2D eigenvalue weighted by Crippen LogP contribution is -1.78. The maximum atomic E-state index is 10.4. The molecule has 0 bridgehead atoms. The maximum absolute atomic E-state index is 10.4. The van der Waals surface area contributed by atoms with E-state index in [4.69, 9.17) is 4.89 Å². The molecule has 0 aliphatic rings. The van der Waals surface area contributed by atoms with Gasteiger partial charge < -0.3 is 4.89 Å². The van der Waals surface area contributed by atoms with Gasteiger partial charge in [-0.3, -0.25) is 4.57 Å². The van der Waals surface area contributed by atoms with Crippen LogP contribution in [0.4, 0.5) is 0 Å². The van der Waals surface area contributed by atoms with Crippen LogP contribution in [0, 0.1) is 0 Å². The average molecular weight is 252 g/mol. The van der Waals surface area contributed by atoms with Crippen molar-refractivity contribution in [3.63, 3.8) is 0 Å². The zero-order valence-corrected chi connectivity index (χ0v) is 7.54. The minimum absolute atomic E-state index is 0.172. The fourth-order valence-corrected chi connectivity index (χ4v) is 2.59. The minimum atomic E-state index is -2.82. The minimum Gasteiger partial charge on any atom is -0.343 e. The van der Waals surface area contributed by atoms with Gasteiger partial charge in [-0.1, -0.05) is 31.9 Å². The molecule has 0 spiro atoms. The Labute approximate surface area is 59.0 Å². The molecule has 0 fully saturated rings. The third-order valence-corrected chi connectivity index (χ3v) is 5.82. The SMILES string of the molecule is O=P(O)(CBr)CBr. The highest BCUT2D eigenvalue weighted by atomic mass is 79.9. The molecule has 44 valence electrons. The molecule has 0 aromatic carbocycles. The molecular weight excluding hydrogens is 247 g/mol. The van der Waals surface area contributed by atoms with Crippen LogP contribution in [0.5, 0.6) is 0 Å². The summed E-state index contributed by atoms with van der Waals surface area (Å²) in [5.74, 6) is 0. The fourth-order valence-electron chi connectivity index (χ4n) is 0.0319. The molecule has 0 amide bonds. The van der Waals surface area contributed by atoms with Crippen LogP contribution in [0.2, 0.25) is 0 Å². The number of hydrogen-bond acceptors (Lipinski definition) is 1. The first-order valence-electron chi connectivity index (χ1n) is 1.55. The molecule has 0 saturated carbocycles. The predicted molar refractivity (Wildman–Crippen MR) is 37.4 cm³/mol. The van der Waals surface area contributed by atoms with Crippen LogP contribution in [-0.2, 0) is 4.57 Å². The molecular formula is C2H5Br2O2P. The summed E-state index contributed by atoms with van der Waals surface area (Å²) in [6.07, 6.45) is 0. The van der Waals surface area contributed by atoms with Crippen LogP contribution < -0.4 is 0 Å². The van der Waals surface area contributed by atoms with Gasteiger partial charge in [0.25, 0.3) is 0 Å². The van der Waals surface area contributed by atoms with Crippen molar-refractivity contribution in [3.8, 4) is 0 Å². The molecule has 0 aromatic rings. The first-order chi connectivity index (χ1) is 3.12. The highest BCUT2D eigenvalue weighted by Gasteiger charge is 2.11. The molecule has 7 heavy (non-hydrogen) atoms. The van der Waals surface area contributed by atoms with Gasteiger partial charge in [-0.05, 0) is 0 Å². The molecule has 0 aliphatic carbocycles. The van der Waals surface area contributed by atoms with E-state index in [1.165, 1.54) is 0 Å². The van der Waals surface area contributed by atoms with Gasteiger partial charge >= 0.3 is 0 Å². The molecule has 1 N–H and O–H groups in total. The molecule has 0 radical (unpaired) electrons. The first kappa shape index (κ1) is 8.15. The van der Waals surface area contributed by atoms with E-state index in [9.17, 15) is 4.57 Å². The topological polar surface area (TPSA) is 37.3 Å². The normalized spacial score (nSPS) is 11.9. The van der Waals surface area contributed by atoms with Crippen molar-refractivity contribution in [3.05, 3.63) is 0 Å². The van der Waals surface area contributed by atoms with Crippen molar-refractivity contribution >= 4 is 39.2 Å². The Morgan fingerprint density at radius 3 is 1.71 bits per heavy atom. The van der Waals surface area contributed by atoms with Crippen molar-refractivity contribution in [2.24, 2.45) is 0 Å². The molecule has 2 nitrogen and oxygen atoms in total. The van der Waals surface area contributed by atoms with Gasteiger partial charge in [-0.25, -0.2) is 0 Å². The van der Waals surface area contributed by atoms with Crippen LogP contribution in [0.25, 0.3) is 0 Å². The summed E-state index contributed by atoms with van der Waals surface area (Å²) in [6.45, 7) is 0. The van der Waals surface area contributed by atoms with Gasteiger partial charge in [-0.2, -0.15) is 0 Å². The van der Waals surface area contributed by atoms with E-state index in [1.54, 1.807) is 0 Å². The Morgan fingerprint density at radius 1 is 1.43 bits per heavy atom. The van der Waals surface area contributed by atoms with Gasteiger partial charge in [0.2, 0.25) is 7.37 Å². The molecule has 0 aliphatic heterocycles. The monoisotopic (exact) mass is 250 g/mol. The number of alkyl halides is 2. The molecule has 0 rings (SSSR count). The zero-order chi connectivity index (χ0) is 5.91. The lowest BCUT2D eigenvalue weighted by atomic mass is 11.9. The summed E-state index contributed by atoms with van der Waals surface area (Å²) >= 11 is 5.78. The third-order valence-electron chi connectivity index (χ3n) is 0.374. The second-order valence-corrected chi connectivity index (χ2v) is 6.27. The second-order valence-electron chi connectivity index (χ2n) is 1.09. The highest BCUT2D eigenvalue weighted by Crippen LogP contribution is 2.43. The number of hydrogen-bond donors (Lipinski definition) is 1. The van der Waals surface area contributed by atoms with Crippen LogP contribution in [0.15, 0.2) is 0 Å². The van der Waals surface area contributed by atoms with E-state index < -0.39 is 7.37 Å². The van der Waals surface area contributed by atoms with E-state index in [1.807, 2.05) is 0 Å². The molecule has 0 saturated heterocycles. The van der Waals surface area contributed by atoms with Crippen molar-refractivity contribution in [2.75, 3.05) is 10.1 Å². The number of halogens is 2. The largest absolute Gasteiger partial charge is 0.343 e. The van der Waals surface area contributed by atoms with Crippen molar-refractivity contribution < 1.29 is 9.46 Å². The van der Waals surface area contributed by atoms with E-state index in [-0.39, 0.29) is 10.1 Å². The zero-order valence-electron chi connectivity index (χ0n) is 3.47. The van der Waals surface area contributed by atoms with Crippen LogP contribution in [-0.4, -0.2) is 15.0 Å². The average Bonchev–Trinajstić information content (AvgIpc) is 1.68. The molecule has 0 heterocycles. The van der Waals surface area contributed by atoms with Crippen molar-refractivity contribution in [1.82, 2.24) is 0 Å². The van der Waals surface area contributed by atoms with Gasteiger partial charge in [0.05, 0.1) is 10.1 Å². The summed E-state index contributed by atoms with van der Waals surface area (Å²) in [5, 5.41) is 0.344. The van der Waals surface area contributed by atoms with Crippen LogP contribution in [0.1, 0.15) is 0 Å². The number of rotatable bonds is 2. The Kier molecular flexibility index (Phi) is 3.76.